The number of hydrogen-bond acceptors (Lipinski definition) is 5. The van der Waals surface area contributed by atoms with Crippen LogP contribution in [0.4, 0.5) is 22.7 Å². The van der Waals surface area contributed by atoms with Crippen LogP contribution in [0.3, 0.4) is 0 Å². The maximum absolute atomic E-state index is 12.8. The second-order valence-electron chi connectivity index (χ2n) is 9.05. The molecule has 0 saturated carbocycles. The minimum atomic E-state index is -3.68. The highest BCUT2D eigenvalue weighted by Gasteiger charge is 2.17. The molecule has 0 atom stereocenters. The summed E-state index contributed by atoms with van der Waals surface area (Å²) in [6.07, 6.45) is 0. The van der Waals surface area contributed by atoms with Gasteiger partial charge in [0.25, 0.3) is 10.0 Å². The summed E-state index contributed by atoms with van der Waals surface area (Å²) in [5, 5.41) is 3.59. The first-order valence-corrected chi connectivity index (χ1v) is 13.2. The van der Waals surface area contributed by atoms with Crippen LogP contribution in [0.1, 0.15) is 17.2 Å². The molecule has 0 heterocycles. The zero-order valence-electron chi connectivity index (χ0n) is 21.0. The fraction of sp³-hybridized carbons (Fsp3) is 0.172. The minimum Gasteiger partial charge on any atom is -0.378 e. The van der Waals surface area contributed by atoms with E-state index in [1.165, 1.54) is 0 Å². The molecule has 4 aromatic rings. The smallest absolute Gasteiger partial charge is 0.261 e. The molecule has 4 aromatic carbocycles. The molecule has 0 saturated heterocycles. The van der Waals surface area contributed by atoms with Gasteiger partial charge in [-0.15, -0.1) is 0 Å². The summed E-state index contributed by atoms with van der Waals surface area (Å²) < 4.78 is 28.2. The average Bonchev–Trinajstić information content (AvgIpc) is 2.88. The highest BCUT2D eigenvalue weighted by Crippen LogP contribution is 2.30. The minimum absolute atomic E-state index is 0.109. The van der Waals surface area contributed by atoms with E-state index < -0.39 is 10.0 Å². The average molecular weight is 501 g/mol. The van der Waals surface area contributed by atoms with Crippen LogP contribution in [0, 0.1) is 0 Å². The van der Waals surface area contributed by atoms with Gasteiger partial charge in [0, 0.05) is 50.9 Å². The summed E-state index contributed by atoms with van der Waals surface area (Å²) in [4.78, 5) is 4.35. The molecular formula is C29H32N4O2S. The second-order valence-corrected chi connectivity index (χ2v) is 10.7. The van der Waals surface area contributed by atoms with Gasteiger partial charge >= 0.3 is 0 Å². The molecule has 0 aromatic heterocycles. The zero-order valence-corrected chi connectivity index (χ0v) is 21.8. The Hall–Kier alpha value is -3.97. The Balaban J connectivity index is 1.60. The van der Waals surface area contributed by atoms with Crippen molar-refractivity contribution >= 4 is 32.8 Å². The molecule has 0 aliphatic heterocycles. The van der Waals surface area contributed by atoms with E-state index >= 15 is 0 Å². The van der Waals surface area contributed by atoms with Gasteiger partial charge in [-0.05, 0) is 71.8 Å². The monoisotopic (exact) mass is 500 g/mol. The molecule has 0 aliphatic carbocycles. The molecule has 6 nitrogen and oxygen atoms in total. The first kappa shape index (κ1) is 25.1. The van der Waals surface area contributed by atoms with Gasteiger partial charge in [0.2, 0.25) is 0 Å². The van der Waals surface area contributed by atoms with E-state index in [0.29, 0.717) is 5.69 Å². The molecule has 0 aliphatic rings. The summed E-state index contributed by atoms with van der Waals surface area (Å²) in [5.74, 6) is 0. The predicted molar refractivity (Wildman–Crippen MR) is 151 cm³/mol. The van der Waals surface area contributed by atoms with Crippen molar-refractivity contribution in [1.29, 1.82) is 0 Å². The van der Waals surface area contributed by atoms with Crippen molar-refractivity contribution in [3.8, 4) is 0 Å². The van der Waals surface area contributed by atoms with Gasteiger partial charge in [-0.2, -0.15) is 0 Å². The molecule has 0 fully saturated rings. The van der Waals surface area contributed by atoms with Gasteiger partial charge in [0.15, 0.2) is 0 Å². The topological polar surface area (TPSA) is 64.7 Å². The van der Waals surface area contributed by atoms with E-state index in [-0.39, 0.29) is 10.9 Å². The van der Waals surface area contributed by atoms with E-state index in [2.05, 4.69) is 68.4 Å². The van der Waals surface area contributed by atoms with Crippen molar-refractivity contribution < 1.29 is 8.42 Å². The highest BCUT2D eigenvalue weighted by atomic mass is 32.2. The Morgan fingerprint density at radius 1 is 0.583 bits per heavy atom. The van der Waals surface area contributed by atoms with Gasteiger partial charge in [-0.25, -0.2) is 8.42 Å². The van der Waals surface area contributed by atoms with Crippen molar-refractivity contribution in [2.75, 3.05) is 48.0 Å². The number of rotatable bonds is 9. The normalized spacial score (nSPS) is 11.2. The number of anilines is 4. The number of sulfonamides is 1. The van der Waals surface area contributed by atoms with E-state index in [0.717, 1.165) is 28.2 Å². The molecule has 0 radical (unpaired) electrons. The number of benzene rings is 4. The molecule has 0 spiro atoms. The lowest BCUT2D eigenvalue weighted by Crippen LogP contribution is -2.15. The lowest BCUT2D eigenvalue weighted by molar-refractivity contribution is 0.601. The predicted octanol–water partition coefficient (Wildman–Crippen LogP) is 5.82. The van der Waals surface area contributed by atoms with Gasteiger partial charge in [0.1, 0.15) is 0 Å². The fourth-order valence-corrected chi connectivity index (χ4v) is 4.96. The third kappa shape index (κ3) is 5.98. The van der Waals surface area contributed by atoms with E-state index in [9.17, 15) is 8.42 Å². The SMILES string of the molecule is CN(C)c1ccc(C(Nc2ccc(S(=O)(=O)Nc3ccccc3)cc2)c2ccc(N(C)C)cc2)cc1. The molecule has 2 N–H and O–H groups in total. The van der Waals surface area contributed by atoms with Crippen LogP contribution < -0.4 is 19.8 Å². The number of para-hydroxylation sites is 1. The summed E-state index contributed by atoms with van der Waals surface area (Å²) in [6, 6.07) is 32.5. The van der Waals surface area contributed by atoms with Crippen molar-refractivity contribution in [1.82, 2.24) is 0 Å². The standard InChI is InChI=1S/C29H32N4O2S/c1-32(2)26-16-10-22(11-17-26)29(23-12-18-27(19-13-23)33(3)4)30-24-14-20-28(21-15-24)36(34,35)31-25-8-6-5-7-9-25/h5-21,29-31H,1-4H3. The van der Waals surface area contributed by atoms with E-state index in [1.807, 2.05) is 34.3 Å². The molecule has 0 amide bonds. The summed E-state index contributed by atoms with van der Waals surface area (Å²) in [7, 11) is 4.41. The van der Waals surface area contributed by atoms with Gasteiger partial charge in [-0.3, -0.25) is 4.72 Å². The Kier molecular flexibility index (Phi) is 7.50. The van der Waals surface area contributed by atoms with Crippen LogP contribution in [-0.4, -0.2) is 36.6 Å². The summed E-state index contributed by atoms with van der Waals surface area (Å²) in [5.41, 5.74) is 5.83. The van der Waals surface area contributed by atoms with Crippen LogP contribution in [0.5, 0.6) is 0 Å². The first-order valence-electron chi connectivity index (χ1n) is 11.7. The quantitative estimate of drug-likeness (QED) is 0.303. The molecule has 4 rings (SSSR count). The lowest BCUT2D eigenvalue weighted by Gasteiger charge is -2.23. The Morgan fingerprint density at radius 2 is 1.06 bits per heavy atom. The maximum atomic E-state index is 12.8. The van der Waals surface area contributed by atoms with Crippen molar-refractivity contribution in [3.05, 3.63) is 114 Å². The molecule has 36 heavy (non-hydrogen) atoms. The molecule has 0 unspecified atom stereocenters. The Labute approximate surface area is 214 Å². The van der Waals surface area contributed by atoms with Gasteiger partial charge in [0.05, 0.1) is 10.9 Å². The molecule has 7 heteroatoms. The van der Waals surface area contributed by atoms with Crippen LogP contribution in [0.15, 0.2) is 108 Å². The van der Waals surface area contributed by atoms with Crippen molar-refractivity contribution in [3.63, 3.8) is 0 Å². The van der Waals surface area contributed by atoms with Crippen molar-refractivity contribution in [2.24, 2.45) is 0 Å². The fourth-order valence-electron chi connectivity index (χ4n) is 3.91. The van der Waals surface area contributed by atoms with Crippen molar-refractivity contribution in [2.45, 2.75) is 10.9 Å². The van der Waals surface area contributed by atoms with Crippen LogP contribution in [-0.2, 0) is 10.0 Å². The third-order valence-electron chi connectivity index (χ3n) is 5.99. The number of nitrogens with one attached hydrogen (secondary N) is 2. The summed E-state index contributed by atoms with van der Waals surface area (Å²) >= 11 is 0. The number of hydrogen-bond donors (Lipinski definition) is 2. The third-order valence-corrected chi connectivity index (χ3v) is 7.38. The van der Waals surface area contributed by atoms with Gasteiger partial charge < -0.3 is 15.1 Å². The maximum Gasteiger partial charge on any atom is 0.261 e. The van der Waals surface area contributed by atoms with E-state index in [1.54, 1.807) is 48.5 Å². The molecule has 0 bridgehead atoms. The van der Waals surface area contributed by atoms with Crippen LogP contribution in [0.25, 0.3) is 0 Å². The summed E-state index contributed by atoms with van der Waals surface area (Å²) in [6.45, 7) is 0. The molecular weight excluding hydrogens is 468 g/mol. The number of nitrogens with zero attached hydrogens (tertiary/aromatic N) is 2. The van der Waals surface area contributed by atoms with Crippen LogP contribution >= 0.6 is 0 Å². The lowest BCUT2D eigenvalue weighted by atomic mass is 9.97. The highest BCUT2D eigenvalue weighted by molar-refractivity contribution is 7.92. The first-order chi connectivity index (χ1) is 17.2. The Morgan fingerprint density at radius 3 is 1.50 bits per heavy atom. The van der Waals surface area contributed by atoms with Crippen LogP contribution in [0.2, 0.25) is 0 Å². The largest absolute Gasteiger partial charge is 0.378 e. The zero-order chi connectivity index (χ0) is 25.7. The Bertz CT molecular complexity index is 1320. The van der Waals surface area contributed by atoms with E-state index in [4.69, 9.17) is 0 Å². The molecule has 186 valence electrons. The second kappa shape index (κ2) is 10.7. The van der Waals surface area contributed by atoms with Gasteiger partial charge in [-0.1, -0.05) is 42.5 Å².